The number of anilines is 2. The zero-order chi connectivity index (χ0) is 21.3. The molecule has 0 aliphatic rings. The molecule has 3 rings (SSSR count). The summed E-state index contributed by atoms with van der Waals surface area (Å²) in [5.74, 6) is -0.0627. The van der Waals surface area contributed by atoms with E-state index in [-0.39, 0.29) is 18.4 Å². The summed E-state index contributed by atoms with van der Waals surface area (Å²) >= 11 is 5.90. The normalized spacial score (nSPS) is 10.3. The smallest absolute Gasteiger partial charge is 0.259 e. The molecule has 0 saturated heterocycles. The minimum absolute atomic E-state index is 0.0225. The third-order valence-corrected chi connectivity index (χ3v) is 4.39. The summed E-state index contributed by atoms with van der Waals surface area (Å²) in [4.78, 5) is 24.3. The van der Waals surface area contributed by atoms with E-state index in [4.69, 9.17) is 21.1 Å². The highest BCUT2D eigenvalue weighted by molar-refractivity contribution is 6.30. The van der Waals surface area contributed by atoms with Gasteiger partial charge in [-0.1, -0.05) is 35.9 Å². The van der Waals surface area contributed by atoms with Crippen LogP contribution in [0, 0.1) is 0 Å². The molecular weight excluding hydrogens is 404 g/mol. The van der Waals surface area contributed by atoms with Gasteiger partial charge in [0.25, 0.3) is 5.91 Å². The Labute approximate surface area is 179 Å². The predicted octanol–water partition coefficient (Wildman–Crippen LogP) is 4.76. The molecule has 2 N–H and O–H groups in total. The molecule has 3 aromatic carbocycles. The van der Waals surface area contributed by atoms with Crippen LogP contribution in [0.1, 0.15) is 15.9 Å². The van der Waals surface area contributed by atoms with Crippen molar-refractivity contribution >= 4 is 34.8 Å². The fourth-order valence-corrected chi connectivity index (χ4v) is 2.81. The summed E-state index contributed by atoms with van der Waals surface area (Å²) in [6, 6.07) is 21.2. The zero-order valence-corrected chi connectivity index (χ0v) is 17.1. The standard InChI is InChI=1S/C23H21ClN2O4/c1-29-15-22(27)25-18-10-12-19(13-11-18)26-23(28)20-4-2-3-5-21(20)30-14-16-6-8-17(24)9-7-16/h2-13H,14-15H2,1H3,(H,25,27)(H,26,28). The first-order valence-corrected chi connectivity index (χ1v) is 9.59. The lowest BCUT2D eigenvalue weighted by molar-refractivity contribution is -0.119. The summed E-state index contributed by atoms with van der Waals surface area (Å²) in [5, 5.41) is 6.19. The molecule has 0 aromatic heterocycles. The Morgan fingerprint density at radius 3 is 2.17 bits per heavy atom. The van der Waals surface area contributed by atoms with Crippen LogP contribution in [-0.4, -0.2) is 25.5 Å². The van der Waals surface area contributed by atoms with Gasteiger partial charge >= 0.3 is 0 Å². The van der Waals surface area contributed by atoms with Gasteiger partial charge in [0.1, 0.15) is 19.0 Å². The third kappa shape index (κ3) is 6.07. The first kappa shape index (κ1) is 21.4. The van der Waals surface area contributed by atoms with E-state index >= 15 is 0 Å². The molecule has 154 valence electrons. The predicted molar refractivity (Wildman–Crippen MR) is 117 cm³/mol. The number of hydrogen-bond acceptors (Lipinski definition) is 4. The maximum absolute atomic E-state index is 12.7. The number of amides is 2. The molecule has 0 aliphatic carbocycles. The molecule has 0 fully saturated rings. The second kappa shape index (κ2) is 10.4. The highest BCUT2D eigenvalue weighted by Crippen LogP contribution is 2.22. The van der Waals surface area contributed by atoms with Crippen molar-refractivity contribution in [1.29, 1.82) is 0 Å². The lowest BCUT2D eigenvalue weighted by Gasteiger charge is -2.12. The molecule has 0 spiro atoms. The molecule has 0 aliphatic heterocycles. The van der Waals surface area contributed by atoms with Gasteiger partial charge in [-0.3, -0.25) is 9.59 Å². The SMILES string of the molecule is COCC(=O)Nc1ccc(NC(=O)c2ccccc2OCc2ccc(Cl)cc2)cc1. The molecule has 0 heterocycles. The van der Waals surface area contributed by atoms with Gasteiger partial charge in [-0.05, 0) is 54.1 Å². The quantitative estimate of drug-likeness (QED) is 0.546. The van der Waals surface area contributed by atoms with Gasteiger partial charge in [0.05, 0.1) is 5.56 Å². The van der Waals surface area contributed by atoms with Crippen LogP contribution in [0.3, 0.4) is 0 Å². The van der Waals surface area contributed by atoms with E-state index in [0.717, 1.165) is 5.56 Å². The number of para-hydroxylation sites is 1. The number of benzene rings is 3. The van der Waals surface area contributed by atoms with Gasteiger partial charge in [0.2, 0.25) is 5.91 Å². The van der Waals surface area contributed by atoms with Crippen LogP contribution in [0.2, 0.25) is 5.02 Å². The number of rotatable bonds is 8. The van der Waals surface area contributed by atoms with Crippen molar-refractivity contribution in [2.24, 2.45) is 0 Å². The van der Waals surface area contributed by atoms with Crippen molar-refractivity contribution < 1.29 is 19.1 Å². The number of carbonyl (C=O) groups excluding carboxylic acids is 2. The van der Waals surface area contributed by atoms with E-state index in [0.29, 0.717) is 34.3 Å². The van der Waals surface area contributed by atoms with Crippen molar-refractivity contribution in [3.8, 4) is 5.75 Å². The molecule has 30 heavy (non-hydrogen) atoms. The molecule has 7 heteroatoms. The summed E-state index contributed by atoms with van der Waals surface area (Å²) < 4.78 is 10.6. The van der Waals surface area contributed by atoms with Crippen LogP contribution in [-0.2, 0) is 16.1 Å². The second-order valence-corrected chi connectivity index (χ2v) is 6.86. The van der Waals surface area contributed by atoms with E-state index < -0.39 is 0 Å². The molecule has 0 unspecified atom stereocenters. The molecule has 6 nitrogen and oxygen atoms in total. The average Bonchev–Trinajstić information content (AvgIpc) is 2.75. The van der Waals surface area contributed by atoms with E-state index in [9.17, 15) is 9.59 Å². The summed E-state index contributed by atoms with van der Waals surface area (Å²) in [7, 11) is 1.45. The zero-order valence-electron chi connectivity index (χ0n) is 16.4. The minimum Gasteiger partial charge on any atom is -0.488 e. The van der Waals surface area contributed by atoms with Crippen LogP contribution in [0.5, 0.6) is 5.75 Å². The van der Waals surface area contributed by atoms with Crippen molar-refractivity contribution in [3.63, 3.8) is 0 Å². The molecular formula is C23H21ClN2O4. The van der Waals surface area contributed by atoms with Crippen molar-refractivity contribution in [2.75, 3.05) is 24.4 Å². The maximum Gasteiger partial charge on any atom is 0.259 e. The highest BCUT2D eigenvalue weighted by atomic mass is 35.5. The van der Waals surface area contributed by atoms with Gasteiger partial charge in [-0.2, -0.15) is 0 Å². The minimum atomic E-state index is -0.294. The highest BCUT2D eigenvalue weighted by Gasteiger charge is 2.13. The van der Waals surface area contributed by atoms with Crippen molar-refractivity contribution in [2.45, 2.75) is 6.61 Å². The van der Waals surface area contributed by atoms with Gasteiger partial charge in [-0.25, -0.2) is 0 Å². The van der Waals surface area contributed by atoms with Crippen molar-refractivity contribution in [1.82, 2.24) is 0 Å². The van der Waals surface area contributed by atoms with Crippen LogP contribution in [0.15, 0.2) is 72.8 Å². The number of ether oxygens (including phenoxy) is 2. The third-order valence-electron chi connectivity index (χ3n) is 4.14. The van der Waals surface area contributed by atoms with E-state index in [1.54, 1.807) is 54.6 Å². The van der Waals surface area contributed by atoms with Gasteiger partial charge < -0.3 is 20.1 Å². The monoisotopic (exact) mass is 424 g/mol. The topological polar surface area (TPSA) is 76.7 Å². The Morgan fingerprint density at radius 2 is 1.50 bits per heavy atom. The van der Waals surface area contributed by atoms with E-state index in [1.807, 2.05) is 18.2 Å². The summed E-state index contributed by atoms with van der Waals surface area (Å²) in [6.07, 6.45) is 0. The Hall–Kier alpha value is -3.35. The summed E-state index contributed by atoms with van der Waals surface area (Å²) in [5.41, 5.74) is 2.57. The fraction of sp³-hybridized carbons (Fsp3) is 0.130. The first-order chi connectivity index (χ1) is 14.5. The molecule has 3 aromatic rings. The Morgan fingerprint density at radius 1 is 0.867 bits per heavy atom. The largest absolute Gasteiger partial charge is 0.488 e. The summed E-state index contributed by atoms with van der Waals surface area (Å²) in [6.45, 7) is 0.294. The molecule has 0 bridgehead atoms. The van der Waals surface area contributed by atoms with Crippen LogP contribution in [0.25, 0.3) is 0 Å². The van der Waals surface area contributed by atoms with Crippen LogP contribution >= 0.6 is 11.6 Å². The average molecular weight is 425 g/mol. The Balaban J connectivity index is 1.64. The number of halogens is 1. The van der Waals surface area contributed by atoms with Crippen molar-refractivity contribution in [3.05, 3.63) is 88.9 Å². The number of hydrogen-bond donors (Lipinski definition) is 2. The lowest BCUT2D eigenvalue weighted by Crippen LogP contribution is -2.17. The van der Waals surface area contributed by atoms with Gasteiger partial charge in [-0.15, -0.1) is 0 Å². The van der Waals surface area contributed by atoms with Gasteiger partial charge in [0.15, 0.2) is 0 Å². The van der Waals surface area contributed by atoms with Gasteiger partial charge in [0, 0.05) is 23.5 Å². The number of methoxy groups -OCH3 is 1. The maximum atomic E-state index is 12.7. The van der Waals surface area contributed by atoms with E-state index in [2.05, 4.69) is 10.6 Å². The Bertz CT molecular complexity index is 1000. The number of nitrogens with one attached hydrogen (secondary N) is 2. The second-order valence-electron chi connectivity index (χ2n) is 6.42. The first-order valence-electron chi connectivity index (χ1n) is 9.21. The van der Waals surface area contributed by atoms with Crippen LogP contribution < -0.4 is 15.4 Å². The fourth-order valence-electron chi connectivity index (χ4n) is 2.69. The molecule has 0 radical (unpaired) electrons. The lowest BCUT2D eigenvalue weighted by atomic mass is 10.1. The number of carbonyl (C=O) groups is 2. The van der Waals surface area contributed by atoms with E-state index in [1.165, 1.54) is 7.11 Å². The van der Waals surface area contributed by atoms with Crippen LogP contribution in [0.4, 0.5) is 11.4 Å². The Kier molecular flexibility index (Phi) is 7.43. The molecule has 0 atom stereocenters. The molecule has 0 saturated carbocycles. The molecule has 2 amide bonds.